The average Bonchev–Trinajstić information content (AvgIpc) is 2.24. The Labute approximate surface area is 109 Å². The van der Waals surface area contributed by atoms with Gasteiger partial charge >= 0.3 is 0 Å². The van der Waals surface area contributed by atoms with Crippen LogP contribution in [0.4, 0.5) is 5.69 Å². The Bertz CT molecular complexity index is 376. The van der Waals surface area contributed by atoms with Crippen LogP contribution in [0.25, 0.3) is 0 Å². The van der Waals surface area contributed by atoms with Crippen LogP contribution < -0.4 is 11.1 Å². The third-order valence-electron chi connectivity index (χ3n) is 3.69. The molecule has 0 radical (unpaired) electrons. The third kappa shape index (κ3) is 3.36. The van der Waals surface area contributed by atoms with E-state index in [1.54, 1.807) is 0 Å². The fourth-order valence-corrected chi connectivity index (χ4v) is 2.62. The maximum Gasteiger partial charge on any atom is 0.0470 e. The summed E-state index contributed by atoms with van der Waals surface area (Å²) in [6.45, 7) is 2.85. The molecule has 1 aliphatic rings. The highest BCUT2D eigenvalue weighted by Gasteiger charge is 2.29. The normalized spacial score (nSPS) is 19.5. The van der Waals surface area contributed by atoms with E-state index in [1.807, 2.05) is 24.3 Å². The number of rotatable bonds is 5. The van der Waals surface area contributed by atoms with Gasteiger partial charge in [-0.3, -0.25) is 0 Å². The van der Waals surface area contributed by atoms with E-state index in [2.05, 4.69) is 12.2 Å². The summed E-state index contributed by atoms with van der Waals surface area (Å²) in [7, 11) is 0. The van der Waals surface area contributed by atoms with Gasteiger partial charge in [0.15, 0.2) is 0 Å². The third-order valence-corrected chi connectivity index (χ3v) is 3.92. The summed E-state index contributed by atoms with van der Waals surface area (Å²) in [6, 6.07) is 7.85. The molecule has 1 fully saturated rings. The van der Waals surface area contributed by atoms with Crippen molar-refractivity contribution in [1.29, 1.82) is 0 Å². The topological polar surface area (TPSA) is 38.0 Å². The lowest BCUT2D eigenvalue weighted by atomic mass is 9.76. The molecule has 1 aliphatic carbocycles. The summed E-state index contributed by atoms with van der Waals surface area (Å²) >= 11 is 5.99. The minimum atomic E-state index is -0.0181. The lowest BCUT2D eigenvalue weighted by molar-refractivity contribution is 0.248. The van der Waals surface area contributed by atoms with Crippen LogP contribution in [0.1, 0.15) is 32.6 Å². The van der Waals surface area contributed by atoms with E-state index < -0.39 is 0 Å². The second-order valence-corrected chi connectivity index (χ2v) is 5.84. The number of halogens is 1. The van der Waals surface area contributed by atoms with E-state index >= 15 is 0 Å². The zero-order valence-electron chi connectivity index (χ0n) is 10.4. The molecule has 0 spiro atoms. The van der Waals surface area contributed by atoms with Gasteiger partial charge in [0.05, 0.1) is 0 Å². The van der Waals surface area contributed by atoms with Crippen molar-refractivity contribution in [1.82, 2.24) is 0 Å². The first-order valence-electron chi connectivity index (χ1n) is 6.35. The Morgan fingerprint density at radius 2 is 2.24 bits per heavy atom. The molecule has 17 heavy (non-hydrogen) atoms. The quantitative estimate of drug-likeness (QED) is 0.839. The highest BCUT2D eigenvalue weighted by molar-refractivity contribution is 6.30. The van der Waals surface area contributed by atoms with Gasteiger partial charge in [0, 0.05) is 22.8 Å². The molecule has 3 N–H and O–H groups in total. The van der Waals surface area contributed by atoms with E-state index in [9.17, 15) is 0 Å². The number of benzene rings is 1. The average molecular weight is 253 g/mol. The smallest absolute Gasteiger partial charge is 0.0470 e. The van der Waals surface area contributed by atoms with Gasteiger partial charge in [0.1, 0.15) is 0 Å². The molecule has 0 aliphatic heterocycles. The van der Waals surface area contributed by atoms with E-state index in [0.29, 0.717) is 6.54 Å². The lowest BCUT2D eigenvalue weighted by Crippen LogP contribution is -2.45. The summed E-state index contributed by atoms with van der Waals surface area (Å²) in [5.74, 6) is 0.843. The van der Waals surface area contributed by atoms with Gasteiger partial charge < -0.3 is 11.1 Å². The first-order chi connectivity index (χ1) is 8.11. The molecule has 0 aromatic heterocycles. The Morgan fingerprint density at radius 1 is 1.47 bits per heavy atom. The van der Waals surface area contributed by atoms with E-state index in [0.717, 1.165) is 23.0 Å². The van der Waals surface area contributed by atoms with Crippen molar-refractivity contribution in [2.75, 3.05) is 11.9 Å². The first kappa shape index (κ1) is 12.7. The van der Waals surface area contributed by atoms with Crippen molar-refractivity contribution in [3.63, 3.8) is 0 Å². The van der Waals surface area contributed by atoms with Crippen molar-refractivity contribution >= 4 is 17.3 Å². The van der Waals surface area contributed by atoms with Crippen LogP contribution in [0.2, 0.25) is 5.02 Å². The van der Waals surface area contributed by atoms with E-state index in [1.165, 1.54) is 19.3 Å². The second-order valence-electron chi connectivity index (χ2n) is 5.40. The lowest BCUT2D eigenvalue weighted by Gasteiger charge is -2.37. The van der Waals surface area contributed by atoms with Crippen molar-refractivity contribution in [2.45, 2.75) is 38.1 Å². The second kappa shape index (κ2) is 5.28. The maximum absolute atomic E-state index is 5.99. The Hall–Kier alpha value is -0.730. The molecule has 1 unspecified atom stereocenters. The summed E-state index contributed by atoms with van der Waals surface area (Å²) in [5.41, 5.74) is 6.97. The van der Waals surface area contributed by atoms with Gasteiger partial charge in [-0.05, 0) is 37.5 Å². The molecule has 94 valence electrons. The zero-order chi connectivity index (χ0) is 12.3. The molecular formula is C14H21ClN2. The summed E-state index contributed by atoms with van der Waals surface area (Å²) < 4.78 is 0. The number of hydrogen-bond acceptors (Lipinski definition) is 2. The molecule has 1 atom stereocenters. The number of nitrogens with one attached hydrogen (secondary N) is 1. The van der Waals surface area contributed by atoms with Crippen molar-refractivity contribution in [3.05, 3.63) is 29.3 Å². The van der Waals surface area contributed by atoms with Crippen LogP contribution in [0.15, 0.2) is 24.3 Å². The molecular weight excluding hydrogens is 232 g/mol. The van der Waals surface area contributed by atoms with Gasteiger partial charge in [-0.2, -0.15) is 0 Å². The molecule has 0 amide bonds. The van der Waals surface area contributed by atoms with Crippen LogP contribution in [0.5, 0.6) is 0 Å². The predicted octanol–water partition coefficient (Wildman–Crippen LogP) is 3.66. The predicted molar refractivity (Wildman–Crippen MR) is 74.5 cm³/mol. The summed E-state index contributed by atoms with van der Waals surface area (Å²) in [6.07, 6.45) is 5.23. The highest BCUT2D eigenvalue weighted by atomic mass is 35.5. The monoisotopic (exact) mass is 252 g/mol. The maximum atomic E-state index is 5.99. The van der Waals surface area contributed by atoms with E-state index in [-0.39, 0.29) is 5.54 Å². The Balaban J connectivity index is 2.02. The fourth-order valence-electron chi connectivity index (χ4n) is 2.43. The van der Waals surface area contributed by atoms with Crippen LogP contribution in [0.3, 0.4) is 0 Å². The van der Waals surface area contributed by atoms with Crippen LogP contribution in [-0.4, -0.2) is 12.1 Å². The Morgan fingerprint density at radius 3 is 2.76 bits per heavy atom. The number of anilines is 1. The first-order valence-corrected chi connectivity index (χ1v) is 6.73. The van der Waals surface area contributed by atoms with Crippen LogP contribution in [0, 0.1) is 5.92 Å². The summed E-state index contributed by atoms with van der Waals surface area (Å²) in [5, 5.41) is 4.30. The molecule has 0 bridgehead atoms. The highest BCUT2D eigenvalue weighted by Crippen LogP contribution is 2.34. The van der Waals surface area contributed by atoms with Gasteiger partial charge in [-0.1, -0.05) is 36.9 Å². The zero-order valence-corrected chi connectivity index (χ0v) is 11.1. The molecule has 2 nitrogen and oxygen atoms in total. The van der Waals surface area contributed by atoms with Crippen molar-refractivity contribution in [3.8, 4) is 0 Å². The van der Waals surface area contributed by atoms with Crippen LogP contribution >= 0.6 is 11.6 Å². The van der Waals surface area contributed by atoms with Gasteiger partial charge in [-0.15, -0.1) is 0 Å². The molecule has 1 aromatic carbocycles. The van der Waals surface area contributed by atoms with Crippen LogP contribution in [-0.2, 0) is 0 Å². The van der Waals surface area contributed by atoms with Gasteiger partial charge in [-0.25, -0.2) is 0 Å². The molecule has 2 rings (SSSR count). The molecule has 0 saturated heterocycles. The van der Waals surface area contributed by atoms with Gasteiger partial charge in [0.2, 0.25) is 0 Å². The SMILES string of the molecule is CC(CN)(CC1CCC1)Nc1cccc(Cl)c1. The minimum absolute atomic E-state index is 0.0181. The standard InChI is InChI=1S/C14H21ClN2/c1-14(10-16,9-11-4-2-5-11)17-13-7-3-6-12(15)8-13/h3,6-8,11,17H,2,4-5,9-10,16H2,1H3. The number of hydrogen-bond donors (Lipinski definition) is 2. The number of nitrogens with two attached hydrogens (primary N) is 1. The fraction of sp³-hybridized carbons (Fsp3) is 0.571. The molecule has 3 heteroatoms. The molecule has 0 heterocycles. The Kier molecular flexibility index (Phi) is 3.95. The minimum Gasteiger partial charge on any atom is -0.379 e. The van der Waals surface area contributed by atoms with Gasteiger partial charge in [0.25, 0.3) is 0 Å². The van der Waals surface area contributed by atoms with Crippen molar-refractivity contribution in [2.24, 2.45) is 11.7 Å². The molecule has 1 saturated carbocycles. The largest absolute Gasteiger partial charge is 0.379 e. The van der Waals surface area contributed by atoms with Crippen molar-refractivity contribution < 1.29 is 0 Å². The van der Waals surface area contributed by atoms with E-state index in [4.69, 9.17) is 17.3 Å². The summed E-state index contributed by atoms with van der Waals surface area (Å²) in [4.78, 5) is 0. The molecule has 1 aromatic rings.